The zero-order chi connectivity index (χ0) is 17.8. The quantitative estimate of drug-likeness (QED) is 0.452. The van der Waals surface area contributed by atoms with Gasteiger partial charge < -0.3 is 9.47 Å². The van der Waals surface area contributed by atoms with Gasteiger partial charge in [-0.1, -0.05) is 42.0 Å². The van der Waals surface area contributed by atoms with E-state index in [0.29, 0.717) is 17.8 Å². The van der Waals surface area contributed by atoms with Crippen molar-refractivity contribution in [2.24, 2.45) is 0 Å². The third-order valence-corrected chi connectivity index (χ3v) is 4.05. The molecule has 1 aliphatic heterocycles. The molecule has 0 N–H and O–H groups in total. The molecule has 3 heteroatoms. The molecule has 0 atom stereocenters. The molecule has 0 radical (unpaired) electrons. The standard InChI is InChI=1S/C22H20O3/c1-4-5-18-12-16(8-11-20(18)24-3)13-19-14-21(25-22(19)23)17-9-6-15(2)7-10-17/h4,6-14H,1,5H2,2-3H3/b19-13+. The van der Waals surface area contributed by atoms with Crippen LogP contribution in [-0.2, 0) is 16.0 Å². The minimum atomic E-state index is -0.336. The van der Waals surface area contributed by atoms with Crippen LogP contribution in [0.3, 0.4) is 0 Å². The fraction of sp³-hybridized carbons (Fsp3) is 0.136. The minimum Gasteiger partial charge on any atom is -0.496 e. The molecule has 25 heavy (non-hydrogen) atoms. The highest BCUT2D eigenvalue weighted by molar-refractivity contribution is 6.05. The highest BCUT2D eigenvalue weighted by Gasteiger charge is 2.22. The Bertz CT molecular complexity index is 871. The zero-order valence-corrected chi connectivity index (χ0v) is 14.4. The normalized spacial score (nSPS) is 15.0. The molecule has 0 unspecified atom stereocenters. The van der Waals surface area contributed by atoms with E-state index in [4.69, 9.17) is 9.47 Å². The van der Waals surface area contributed by atoms with E-state index in [1.54, 1.807) is 13.2 Å². The van der Waals surface area contributed by atoms with Gasteiger partial charge in [-0.2, -0.15) is 0 Å². The number of aryl methyl sites for hydroxylation is 1. The molecule has 126 valence electrons. The van der Waals surface area contributed by atoms with Crippen LogP contribution in [0.25, 0.3) is 11.8 Å². The van der Waals surface area contributed by atoms with Crippen LogP contribution in [-0.4, -0.2) is 13.1 Å². The number of esters is 1. The van der Waals surface area contributed by atoms with Crippen LogP contribution >= 0.6 is 0 Å². The number of methoxy groups -OCH3 is 1. The molecule has 0 bridgehead atoms. The average Bonchev–Trinajstić information content (AvgIpc) is 2.97. The summed E-state index contributed by atoms with van der Waals surface area (Å²) in [5.74, 6) is 1.06. The van der Waals surface area contributed by atoms with Gasteiger partial charge in [0.15, 0.2) is 0 Å². The smallest absolute Gasteiger partial charge is 0.343 e. The minimum absolute atomic E-state index is 0.336. The van der Waals surface area contributed by atoms with Crippen LogP contribution in [0.5, 0.6) is 5.75 Å². The summed E-state index contributed by atoms with van der Waals surface area (Å²) in [4.78, 5) is 12.2. The molecule has 2 aromatic carbocycles. The van der Waals surface area contributed by atoms with Gasteiger partial charge >= 0.3 is 5.97 Å². The summed E-state index contributed by atoms with van der Waals surface area (Å²) < 4.78 is 10.8. The first-order chi connectivity index (χ1) is 12.1. The summed E-state index contributed by atoms with van der Waals surface area (Å²) in [6.45, 7) is 5.79. The molecule has 0 saturated heterocycles. The lowest BCUT2D eigenvalue weighted by Crippen LogP contribution is -1.97. The summed E-state index contributed by atoms with van der Waals surface area (Å²) in [5.41, 5.74) is 4.54. The van der Waals surface area contributed by atoms with E-state index in [-0.39, 0.29) is 5.97 Å². The second kappa shape index (κ2) is 7.22. The molecule has 1 aliphatic rings. The van der Waals surface area contributed by atoms with Crippen molar-refractivity contribution in [2.75, 3.05) is 7.11 Å². The van der Waals surface area contributed by atoms with E-state index in [9.17, 15) is 4.79 Å². The molecular formula is C22H20O3. The molecule has 0 spiro atoms. The summed E-state index contributed by atoms with van der Waals surface area (Å²) in [7, 11) is 1.64. The predicted octanol–water partition coefficient (Wildman–Crippen LogP) is 4.71. The Morgan fingerprint density at radius 2 is 1.92 bits per heavy atom. The fourth-order valence-corrected chi connectivity index (χ4v) is 2.73. The highest BCUT2D eigenvalue weighted by atomic mass is 16.5. The summed E-state index contributed by atoms with van der Waals surface area (Å²) in [6.07, 6.45) is 6.14. The fourth-order valence-electron chi connectivity index (χ4n) is 2.73. The molecule has 1 heterocycles. The van der Waals surface area contributed by atoms with Crippen LogP contribution in [0.15, 0.2) is 66.8 Å². The van der Waals surface area contributed by atoms with Crippen LogP contribution in [0.1, 0.15) is 22.3 Å². The molecule has 0 amide bonds. The summed E-state index contributed by atoms with van der Waals surface area (Å²) >= 11 is 0. The predicted molar refractivity (Wildman–Crippen MR) is 100 cm³/mol. The molecule has 0 saturated carbocycles. The van der Waals surface area contributed by atoms with Crippen molar-refractivity contribution >= 4 is 17.8 Å². The largest absolute Gasteiger partial charge is 0.496 e. The van der Waals surface area contributed by atoms with Gasteiger partial charge in [0.2, 0.25) is 0 Å². The van der Waals surface area contributed by atoms with Crippen LogP contribution in [0.4, 0.5) is 0 Å². The first kappa shape index (κ1) is 16.8. The third kappa shape index (κ3) is 3.72. The van der Waals surface area contributed by atoms with Gasteiger partial charge in [0.25, 0.3) is 0 Å². The van der Waals surface area contributed by atoms with Crippen LogP contribution < -0.4 is 4.74 Å². The monoisotopic (exact) mass is 332 g/mol. The Kier molecular flexibility index (Phi) is 4.85. The molecule has 0 aromatic heterocycles. The van der Waals surface area contributed by atoms with Gasteiger partial charge in [0.1, 0.15) is 11.5 Å². The first-order valence-corrected chi connectivity index (χ1v) is 8.11. The van der Waals surface area contributed by atoms with Gasteiger partial charge in [-0.25, -0.2) is 4.79 Å². The molecule has 3 rings (SSSR count). The van der Waals surface area contributed by atoms with Crippen LogP contribution in [0, 0.1) is 6.92 Å². The number of hydrogen-bond donors (Lipinski definition) is 0. The maximum Gasteiger partial charge on any atom is 0.343 e. The number of rotatable bonds is 5. The van der Waals surface area contributed by atoms with Crippen molar-refractivity contribution in [2.45, 2.75) is 13.3 Å². The van der Waals surface area contributed by atoms with Crippen molar-refractivity contribution in [1.82, 2.24) is 0 Å². The summed E-state index contributed by atoms with van der Waals surface area (Å²) in [5, 5.41) is 0. The van der Waals surface area contributed by atoms with E-state index in [0.717, 1.165) is 28.0 Å². The third-order valence-electron chi connectivity index (χ3n) is 4.05. The number of benzene rings is 2. The van der Waals surface area contributed by atoms with Gasteiger partial charge in [-0.15, -0.1) is 6.58 Å². The topological polar surface area (TPSA) is 35.5 Å². The Balaban J connectivity index is 1.92. The van der Waals surface area contributed by atoms with Gasteiger partial charge in [-0.05, 0) is 48.8 Å². The second-order valence-corrected chi connectivity index (χ2v) is 5.93. The van der Waals surface area contributed by atoms with Crippen molar-refractivity contribution in [1.29, 1.82) is 0 Å². The number of carbonyl (C=O) groups excluding carboxylic acids is 1. The van der Waals surface area contributed by atoms with E-state index in [1.807, 2.05) is 61.5 Å². The lowest BCUT2D eigenvalue weighted by molar-refractivity contribution is -0.130. The van der Waals surface area contributed by atoms with Crippen molar-refractivity contribution in [3.63, 3.8) is 0 Å². The Morgan fingerprint density at radius 3 is 2.60 bits per heavy atom. The highest BCUT2D eigenvalue weighted by Crippen LogP contribution is 2.29. The first-order valence-electron chi connectivity index (χ1n) is 8.11. The Morgan fingerprint density at radius 1 is 1.16 bits per heavy atom. The van der Waals surface area contributed by atoms with E-state index in [2.05, 4.69) is 6.58 Å². The lowest BCUT2D eigenvalue weighted by Gasteiger charge is -2.07. The number of cyclic esters (lactones) is 1. The molecule has 2 aromatic rings. The van der Waals surface area contributed by atoms with Gasteiger partial charge in [0, 0.05) is 5.56 Å². The van der Waals surface area contributed by atoms with Gasteiger partial charge in [-0.3, -0.25) is 0 Å². The van der Waals surface area contributed by atoms with Crippen molar-refractivity contribution in [3.05, 3.63) is 89.0 Å². The molecule has 3 nitrogen and oxygen atoms in total. The average molecular weight is 332 g/mol. The van der Waals surface area contributed by atoms with Crippen LogP contribution in [0.2, 0.25) is 0 Å². The Hall–Kier alpha value is -3.07. The summed E-state index contributed by atoms with van der Waals surface area (Å²) in [6, 6.07) is 13.7. The number of allylic oxidation sites excluding steroid dienone is 1. The van der Waals surface area contributed by atoms with E-state index >= 15 is 0 Å². The van der Waals surface area contributed by atoms with Crippen molar-refractivity contribution < 1.29 is 14.3 Å². The molecule has 0 fully saturated rings. The number of hydrogen-bond acceptors (Lipinski definition) is 3. The Labute approximate surface area is 147 Å². The zero-order valence-electron chi connectivity index (χ0n) is 14.4. The lowest BCUT2D eigenvalue weighted by atomic mass is 10.0. The van der Waals surface area contributed by atoms with Crippen molar-refractivity contribution in [3.8, 4) is 5.75 Å². The maximum atomic E-state index is 12.2. The maximum absolute atomic E-state index is 12.2. The SMILES string of the molecule is C=CCc1cc(/C=C2\C=C(c3ccc(C)cc3)OC2=O)ccc1OC. The van der Waals surface area contributed by atoms with E-state index in [1.165, 1.54) is 0 Å². The number of ether oxygens (including phenoxy) is 2. The molecule has 0 aliphatic carbocycles. The van der Waals surface area contributed by atoms with E-state index < -0.39 is 0 Å². The second-order valence-electron chi connectivity index (χ2n) is 5.93. The molecular weight excluding hydrogens is 312 g/mol. The van der Waals surface area contributed by atoms with Gasteiger partial charge in [0.05, 0.1) is 12.7 Å². The number of carbonyl (C=O) groups is 1.